The van der Waals surface area contributed by atoms with Crippen LogP contribution in [0.15, 0.2) is 17.3 Å². The van der Waals surface area contributed by atoms with Crippen LogP contribution in [-0.2, 0) is 4.79 Å². The van der Waals surface area contributed by atoms with Gasteiger partial charge in [-0.05, 0) is 18.4 Å². The van der Waals surface area contributed by atoms with E-state index in [2.05, 4.69) is 11.9 Å². The van der Waals surface area contributed by atoms with Crippen LogP contribution in [0.3, 0.4) is 0 Å². The Morgan fingerprint density at radius 1 is 1.65 bits per heavy atom. The maximum atomic E-state index is 13.7. The highest BCUT2D eigenvalue weighted by Crippen LogP contribution is 2.46. The lowest BCUT2D eigenvalue weighted by Gasteiger charge is -2.07. The van der Waals surface area contributed by atoms with Gasteiger partial charge in [-0.15, -0.1) is 0 Å². The maximum Gasteiger partial charge on any atom is 0.313 e. The maximum absolute atomic E-state index is 13.7. The van der Waals surface area contributed by atoms with E-state index in [0.29, 0.717) is 22.1 Å². The molecule has 2 unspecified atom stereocenters. The SMILES string of the molecule is CC1CC1n1c(SCC(=O)O)nc2cc(Cl)c(F)cc21. The lowest BCUT2D eigenvalue weighted by Crippen LogP contribution is -2.02. The number of hydrogen-bond donors (Lipinski definition) is 1. The summed E-state index contributed by atoms with van der Waals surface area (Å²) in [6.07, 6.45) is 0.996. The molecule has 1 fully saturated rings. The van der Waals surface area contributed by atoms with Gasteiger partial charge >= 0.3 is 5.97 Å². The number of imidazole rings is 1. The topological polar surface area (TPSA) is 55.1 Å². The molecular formula is C13H12ClFN2O2S. The molecule has 4 nitrogen and oxygen atoms in total. The molecule has 0 radical (unpaired) electrons. The Labute approximate surface area is 123 Å². The number of nitrogens with zero attached hydrogens (tertiary/aromatic N) is 2. The van der Waals surface area contributed by atoms with Crippen LogP contribution < -0.4 is 0 Å². The van der Waals surface area contributed by atoms with Crippen molar-refractivity contribution in [1.82, 2.24) is 9.55 Å². The molecule has 1 heterocycles. The number of carboxylic acids is 1. The lowest BCUT2D eigenvalue weighted by atomic mass is 10.3. The fourth-order valence-electron chi connectivity index (χ4n) is 2.28. The summed E-state index contributed by atoms with van der Waals surface area (Å²) < 4.78 is 15.6. The van der Waals surface area contributed by atoms with Gasteiger partial charge in [-0.3, -0.25) is 4.79 Å². The van der Waals surface area contributed by atoms with Crippen molar-refractivity contribution in [1.29, 1.82) is 0 Å². The smallest absolute Gasteiger partial charge is 0.313 e. The second-order valence-corrected chi connectivity index (χ2v) is 6.33. The number of carbonyl (C=O) groups is 1. The Kier molecular flexibility index (Phi) is 3.38. The van der Waals surface area contributed by atoms with Crippen LogP contribution in [0, 0.1) is 11.7 Å². The lowest BCUT2D eigenvalue weighted by molar-refractivity contribution is -0.133. The van der Waals surface area contributed by atoms with Gasteiger partial charge in [-0.2, -0.15) is 0 Å². The highest BCUT2D eigenvalue weighted by molar-refractivity contribution is 7.99. The van der Waals surface area contributed by atoms with E-state index in [0.717, 1.165) is 18.2 Å². The molecule has 106 valence electrons. The number of aromatic nitrogens is 2. The first kappa shape index (κ1) is 13.7. The van der Waals surface area contributed by atoms with Crippen molar-refractivity contribution in [2.45, 2.75) is 24.5 Å². The Balaban J connectivity index is 2.10. The third-order valence-electron chi connectivity index (χ3n) is 3.42. The zero-order valence-corrected chi connectivity index (χ0v) is 12.2. The summed E-state index contributed by atoms with van der Waals surface area (Å²) in [5.41, 5.74) is 1.28. The van der Waals surface area contributed by atoms with Gasteiger partial charge in [0, 0.05) is 12.1 Å². The summed E-state index contributed by atoms with van der Waals surface area (Å²) >= 11 is 6.93. The number of aliphatic carboxylic acids is 1. The summed E-state index contributed by atoms with van der Waals surface area (Å²) in [4.78, 5) is 15.1. The Bertz CT molecular complexity index is 703. The van der Waals surface area contributed by atoms with Gasteiger partial charge in [0.25, 0.3) is 0 Å². The molecule has 1 aliphatic rings. The summed E-state index contributed by atoms with van der Waals surface area (Å²) in [6.45, 7) is 2.11. The van der Waals surface area contributed by atoms with E-state index >= 15 is 0 Å². The molecule has 1 aliphatic carbocycles. The largest absolute Gasteiger partial charge is 0.481 e. The average molecular weight is 315 g/mol. The van der Waals surface area contributed by atoms with E-state index < -0.39 is 11.8 Å². The van der Waals surface area contributed by atoms with Crippen LogP contribution in [0.5, 0.6) is 0 Å². The van der Waals surface area contributed by atoms with E-state index in [1.807, 2.05) is 4.57 Å². The first-order chi connectivity index (χ1) is 9.47. The number of hydrogen-bond acceptors (Lipinski definition) is 3. The van der Waals surface area contributed by atoms with Gasteiger partial charge in [0.05, 0.1) is 21.8 Å². The van der Waals surface area contributed by atoms with Gasteiger partial charge in [0.1, 0.15) is 5.82 Å². The number of carboxylic acid groups (broad SMARTS) is 1. The van der Waals surface area contributed by atoms with Gasteiger partial charge in [0.2, 0.25) is 0 Å². The number of halogens is 2. The minimum atomic E-state index is -0.901. The van der Waals surface area contributed by atoms with E-state index in [1.54, 1.807) is 0 Å². The normalized spacial score (nSPS) is 21.4. The van der Waals surface area contributed by atoms with Crippen LogP contribution in [0.2, 0.25) is 5.02 Å². The molecule has 1 aromatic heterocycles. The van der Waals surface area contributed by atoms with Gasteiger partial charge in [-0.25, -0.2) is 9.37 Å². The van der Waals surface area contributed by atoms with Gasteiger partial charge in [-0.1, -0.05) is 30.3 Å². The molecule has 1 saturated carbocycles. The first-order valence-electron chi connectivity index (χ1n) is 6.19. The fraction of sp³-hybridized carbons (Fsp3) is 0.385. The van der Waals surface area contributed by atoms with E-state index in [4.69, 9.17) is 16.7 Å². The molecule has 1 aromatic carbocycles. The fourth-order valence-corrected chi connectivity index (χ4v) is 3.23. The van der Waals surface area contributed by atoms with Crippen LogP contribution >= 0.6 is 23.4 Å². The number of fused-ring (bicyclic) bond motifs is 1. The predicted octanol–water partition coefficient (Wildman–Crippen LogP) is 3.59. The predicted molar refractivity (Wildman–Crippen MR) is 75.9 cm³/mol. The summed E-state index contributed by atoms with van der Waals surface area (Å²) in [5.74, 6) is -0.957. The minimum Gasteiger partial charge on any atom is -0.481 e. The van der Waals surface area contributed by atoms with Crippen LogP contribution in [-0.4, -0.2) is 26.4 Å². The standard InChI is InChI=1S/C13H12ClFN2O2S/c1-6-2-10(6)17-11-4-8(15)7(14)3-9(11)16-13(17)20-5-12(18)19/h3-4,6,10H,2,5H2,1H3,(H,18,19). The van der Waals surface area contributed by atoms with Crippen molar-refractivity contribution in [2.24, 2.45) is 5.92 Å². The molecule has 0 saturated heterocycles. The monoisotopic (exact) mass is 314 g/mol. The minimum absolute atomic E-state index is 0.0285. The number of benzene rings is 1. The molecular weight excluding hydrogens is 303 g/mol. The van der Waals surface area contributed by atoms with Crippen molar-refractivity contribution in [3.8, 4) is 0 Å². The number of thioether (sulfide) groups is 1. The Hall–Kier alpha value is -1.27. The molecule has 7 heteroatoms. The molecule has 3 rings (SSSR count). The zero-order chi connectivity index (χ0) is 14.4. The zero-order valence-electron chi connectivity index (χ0n) is 10.6. The average Bonchev–Trinajstić information content (AvgIpc) is 2.98. The molecule has 2 aromatic rings. The second kappa shape index (κ2) is 4.93. The van der Waals surface area contributed by atoms with Crippen molar-refractivity contribution in [2.75, 3.05) is 5.75 Å². The van der Waals surface area contributed by atoms with Gasteiger partial charge in [0.15, 0.2) is 5.16 Å². The Morgan fingerprint density at radius 2 is 2.35 bits per heavy atom. The molecule has 0 aliphatic heterocycles. The quantitative estimate of drug-likeness (QED) is 0.876. The third-order valence-corrected chi connectivity index (χ3v) is 4.65. The molecule has 2 atom stereocenters. The Morgan fingerprint density at radius 3 is 2.95 bits per heavy atom. The van der Waals surface area contributed by atoms with Crippen LogP contribution in [0.25, 0.3) is 11.0 Å². The molecule has 1 N–H and O–H groups in total. The van der Waals surface area contributed by atoms with Crippen molar-refractivity contribution < 1.29 is 14.3 Å². The highest BCUT2D eigenvalue weighted by atomic mass is 35.5. The van der Waals surface area contributed by atoms with Crippen molar-refractivity contribution >= 4 is 40.4 Å². The summed E-state index contributed by atoms with van der Waals surface area (Å²) in [6, 6.07) is 3.12. The van der Waals surface area contributed by atoms with E-state index in [-0.39, 0.29) is 16.8 Å². The molecule has 0 spiro atoms. The van der Waals surface area contributed by atoms with Gasteiger partial charge < -0.3 is 9.67 Å². The second-order valence-electron chi connectivity index (χ2n) is 4.98. The van der Waals surface area contributed by atoms with Crippen LogP contribution in [0.1, 0.15) is 19.4 Å². The van der Waals surface area contributed by atoms with E-state index in [1.165, 1.54) is 12.1 Å². The van der Waals surface area contributed by atoms with Crippen LogP contribution in [0.4, 0.5) is 4.39 Å². The molecule has 20 heavy (non-hydrogen) atoms. The van der Waals surface area contributed by atoms with E-state index in [9.17, 15) is 9.18 Å². The number of rotatable bonds is 4. The molecule has 0 amide bonds. The first-order valence-corrected chi connectivity index (χ1v) is 7.55. The van der Waals surface area contributed by atoms with Crippen molar-refractivity contribution in [3.63, 3.8) is 0 Å². The van der Waals surface area contributed by atoms with Crippen molar-refractivity contribution in [3.05, 3.63) is 23.0 Å². The third kappa shape index (κ3) is 2.38. The highest BCUT2D eigenvalue weighted by Gasteiger charge is 2.37. The molecule has 0 bridgehead atoms. The summed E-state index contributed by atoms with van der Waals surface area (Å²) in [7, 11) is 0. The summed E-state index contributed by atoms with van der Waals surface area (Å²) in [5, 5.41) is 9.43.